The van der Waals surface area contributed by atoms with E-state index >= 15 is 0 Å². The largest absolute Gasteiger partial charge is 0.508 e. The summed E-state index contributed by atoms with van der Waals surface area (Å²) in [5.41, 5.74) is 8.94. The molecule has 0 aliphatic heterocycles. The van der Waals surface area contributed by atoms with Crippen LogP contribution in [0.4, 0.5) is 0 Å². The Labute approximate surface area is 240 Å². The standard InChI is InChI=1S/C33H37N3O5/c1-5-6-10-25-20-23-9-7-8-11-27(23)32(35-25)41-19-18-36(2,3)30(33(39)40-4)28-17-14-24(31(34)38)21-29(28)22-12-15-26(37)16-13-22/h7-9,11-17,20-21,30H,5-6,10,18-19H2,1-4H3,(H2-,34,37,38)/p+1/t30-/m1/s1. The zero-order valence-corrected chi connectivity index (χ0v) is 24.1. The van der Waals surface area contributed by atoms with E-state index in [1.54, 1.807) is 42.5 Å². The number of carbonyl (C=O) groups excluding carboxylic acids is 2. The van der Waals surface area contributed by atoms with E-state index in [1.165, 1.54) is 7.11 Å². The van der Waals surface area contributed by atoms with Crippen molar-refractivity contribution in [2.24, 2.45) is 5.73 Å². The minimum Gasteiger partial charge on any atom is -0.508 e. The van der Waals surface area contributed by atoms with Crippen molar-refractivity contribution in [1.82, 2.24) is 4.98 Å². The Kier molecular flexibility index (Phi) is 9.24. The molecule has 0 radical (unpaired) electrons. The Morgan fingerprint density at radius 2 is 1.76 bits per heavy atom. The number of rotatable bonds is 12. The number of likely N-dealkylation sites (N-methyl/N-ethyl adjacent to an activating group) is 1. The number of pyridine rings is 1. The summed E-state index contributed by atoms with van der Waals surface area (Å²) >= 11 is 0. The van der Waals surface area contributed by atoms with Crippen LogP contribution in [0.5, 0.6) is 11.6 Å². The highest BCUT2D eigenvalue weighted by Crippen LogP contribution is 2.36. The molecular formula is C33H38N3O5+. The van der Waals surface area contributed by atoms with Gasteiger partial charge >= 0.3 is 5.97 Å². The molecule has 8 heteroatoms. The Morgan fingerprint density at radius 3 is 2.44 bits per heavy atom. The molecule has 4 aromatic rings. The number of aryl methyl sites for hydroxylation is 1. The number of phenols is 1. The number of amides is 1. The molecule has 0 unspecified atom stereocenters. The van der Waals surface area contributed by atoms with Gasteiger partial charge in [-0.15, -0.1) is 0 Å². The van der Waals surface area contributed by atoms with E-state index in [0.29, 0.717) is 35.7 Å². The Bertz CT molecular complexity index is 1530. The lowest BCUT2D eigenvalue weighted by molar-refractivity contribution is -0.912. The van der Waals surface area contributed by atoms with Crippen LogP contribution in [0, 0.1) is 0 Å². The monoisotopic (exact) mass is 556 g/mol. The van der Waals surface area contributed by atoms with Crippen LogP contribution in [-0.4, -0.2) is 60.8 Å². The van der Waals surface area contributed by atoms with Gasteiger partial charge < -0.3 is 24.8 Å². The molecule has 3 N–H and O–H groups in total. The summed E-state index contributed by atoms with van der Waals surface area (Å²) in [6.07, 6.45) is 3.01. The molecule has 41 heavy (non-hydrogen) atoms. The summed E-state index contributed by atoms with van der Waals surface area (Å²) in [4.78, 5) is 30.2. The topological polar surface area (TPSA) is 112 Å². The Balaban J connectivity index is 1.67. The van der Waals surface area contributed by atoms with Gasteiger partial charge in [-0.25, -0.2) is 9.78 Å². The second kappa shape index (κ2) is 12.8. The number of phenolic OH excluding ortho intramolecular Hbond substituents is 1. The van der Waals surface area contributed by atoms with E-state index in [9.17, 15) is 14.7 Å². The maximum absolute atomic E-state index is 13.3. The molecule has 1 heterocycles. The van der Waals surface area contributed by atoms with E-state index in [4.69, 9.17) is 20.2 Å². The normalized spacial score (nSPS) is 12.2. The molecule has 8 nitrogen and oxygen atoms in total. The summed E-state index contributed by atoms with van der Waals surface area (Å²) in [6, 6.07) is 21.0. The number of carbonyl (C=O) groups is 2. The average molecular weight is 557 g/mol. The molecule has 1 amide bonds. The number of quaternary nitrogens is 1. The summed E-state index contributed by atoms with van der Waals surface area (Å²) in [5.74, 6) is -0.306. The molecule has 0 bridgehead atoms. The molecule has 1 atom stereocenters. The van der Waals surface area contributed by atoms with Crippen molar-refractivity contribution in [3.63, 3.8) is 0 Å². The number of methoxy groups -OCH3 is 1. The number of hydrogen-bond donors (Lipinski definition) is 2. The molecular weight excluding hydrogens is 518 g/mol. The number of hydrogen-bond acceptors (Lipinski definition) is 6. The number of fused-ring (bicyclic) bond motifs is 1. The average Bonchev–Trinajstić information content (AvgIpc) is 2.96. The smallest absolute Gasteiger partial charge is 0.369 e. The summed E-state index contributed by atoms with van der Waals surface area (Å²) in [5, 5.41) is 11.9. The third-order valence-electron chi connectivity index (χ3n) is 7.39. The number of nitrogens with zero attached hydrogens (tertiary/aromatic N) is 2. The van der Waals surface area contributed by atoms with Gasteiger partial charge in [-0.2, -0.15) is 0 Å². The maximum Gasteiger partial charge on any atom is 0.369 e. The predicted octanol–water partition coefficient (Wildman–Crippen LogP) is 5.42. The summed E-state index contributed by atoms with van der Waals surface area (Å²) in [7, 11) is 5.25. The number of primary amides is 1. The number of ether oxygens (including phenoxy) is 2. The zero-order chi connectivity index (χ0) is 29.6. The van der Waals surface area contributed by atoms with Crippen LogP contribution >= 0.6 is 0 Å². The van der Waals surface area contributed by atoms with E-state index in [0.717, 1.165) is 41.3 Å². The lowest BCUT2D eigenvalue weighted by Gasteiger charge is -2.37. The van der Waals surface area contributed by atoms with Crippen LogP contribution < -0.4 is 10.5 Å². The highest BCUT2D eigenvalue weighted by molar-refractivity contribution is 5.95. The van der Waals surface area contributed by atoms with Crippen molar-refractivity contribution < 1.29 is 28.7 Å². The molecule has 214 valence electrons. The first-order valence-corrected chi connectivity index (χ1v) is 13.8. The van der Waals surface area contributed by atoms with Crippen LogP contribution in [-0.2, 0) is 16.0 Å². The van der Waals surface area contributed by atoms with E-state index < -0.39 is 17.9 Å². The van der Waals surface area contributed by atoms with Crippen molar-refractivity contribution in [3.8, 4) is 22.8 Å². The number of esters is 1. The molecule has 0 saturated heterocycles. The fourth-order valence-electron chi connectivity index (χ4n) is 5.06. The van der Waals surface area contributed by atoms with Crippen molar-refractivity contribution >= 4 is 22.6 Å². The van der Waals surface area contributed by atoms with Crippen molar-refractivity contribution in [2.45, 2.75) is 32.2 Å². The molecule has 3 aromatic carbocycles. The lowest BCUT2D eigenvalue weighted by atomic mass is 9.91. The first-order valence-electron chi connectivity index (χ1n) is 13.8. The number of nitrogens with two attached hydrogens (primary N) is 1. The van der Waals surface area contributed by atoms with Crippen LogP contribution in [0.1, 0.15) is 47.4 Å². The second-order valence-electron chi connectivity index (χ2n) is 10.7. The minimum atomic E-state index is -0.741. The van der Waals surface area contributed by atoms with Crippen LogP contribution in [0.25, 0.3) is 21.9 Å². The predicted molar refractivity (Wildman–Crippen MR) is 160 cm³/mol. The summed E-state index contributed by atoms with van der Waals surface area (Å²) in [6.45, 7) is 2.93. The molecule has 0 aliphatic rings. The molecule has 1 aromatic heterocycles. The van der Waals surface area contributed by atoms with Crippen molar-refractivity contribution in [3.05, 3.63) is 89.6 Å². The van der Waals surface area contributed by atoms with Gasteiger partial charge in [0, 0.05) is 22.2 Å². The molecule has 0 saturated carbocycles. The third kappa shape index (κ3) is 6.84. The number of aromatic nitrogens is 1. The van der Waals surface area contributed by atoms with Gasteiger partial charge in [0.15, 0.2) is 0 Å². The van der Waals surface area contributed by atoms with Gasteiger partial charge in [0.1, 0.15) is 18.9 Å². The highest BCUT2D eigenvalue weighted by atomic mass is 16.5. The fourth-order valence-corrected chi connectivity index (χ4v) is 5.06. The molecule has 4 rings (SSSR count). The van der Waals surface area contributed by atoms with Crippen molar-refractivity contribution in [1.29, 1.82) is 0 Å². The number of aromatic hydroxyl groups is 1. The second-order valence-corrected chi connectivity index (χ2v) is 10.7. The van der Waals surface area contributed by atoms with E-state index in [1.807, 2.05) is 32.3 Å². The van der Waals surface area contributed by atoms with Gasteiger partial charge in [-0.1, -0.05) is 49.7 Å². The van der Waals surface area contributed by atoms with Gasteiger partial charge in [-0.3, -0.25) is 4.79 Å². The van der Waals surface area contributed by atoms with Gasteiger partial charge in [0.25, 0.3) is 0 Å². The van der Waals surface area contributed by atoms with Gasteiger partial charge in [-0.05, 0) is 65.8 Å². The first kappa shape index (κ1) is 29.6. The minimum absolute atomic E-state index is 0.110. The number of unbranched alkanes of at least 4 members (excludes halogenated alkanes) is 1. The quantitative estimate of drug-likeness (QED) is 0.178. The number of benzene rings is 3. The van der Waals surface area contributed by atoms with Gasteiger partial charge in [0.2, 0.25) is 17.8 Å². The molecule has 0 aliphatic carbocycles. The van der Waals surface area contributed by atoms with Crippen molar-refractivity contribution in [2.75, 3.05) is 34.4 Å². The van der Waals surface area contributed by atoms with Crippen LogP contribution in [0.3, 0.4) is 0 Å². The van der Waals surface area contributed by atoms with Crippen LogP contribution in [0.15, 0.2) is 72.8 Å². The molecule has 0 spiro atoms. The SMILES string of the molecule is CCCCc1cc2ccccc2c(OCC[N+](C)(C)[C@@H](C(=O)OC)c2ccc(C(N)=O)cc2-c2ccc(O)cc2)n1. The third-order valence-corrected chi connectivity index (χ3v) is 7.39. The highest BCUT2D eigenvalue weighted by Gasteiger charge is 2.39. The zero-order valence-electron chi connectivity index (χ0n) is 24.1. The van der Waals surface area contributed by atoms with Crippen LogP contribution in [0.2, 0.25) is 0 Å². The lowest BCUT2D eigenvalue weighted by Crippen LogP contribution is -2.49. The maximum atomic E-state index is 13.3. The van der Waals surface area contributed by atoms with E-state index in [2.05, 4.69) is 19.1 Å². The van der Waals surface area contributed by atoms with E-state index in [-0.39, 0.29) is 10.2 Å². The Hall–Kier alpha value is -4.43. The van der Waals surface area contributed by atoms with Gasteiger partial charge in [0.05, 0.1) is 21.2 Å². The first-order chi connectivity index (χ1) is 19.6. The summed E-state index contributed by atoms with van der Waals surface area (Å²) < 4.78 is 11.8. The Morgan fingerprint density at radius 1 is 1.02 bits per heavy atom. The molecule has 0 fully saturated rings. The fraction of sp³-hybridized carbons (Fsp3) is 0.303.